The summed E-state index contributed by atoms with van der Waals surface area (Å²) in [5.41, 5.74) is 1.37. The number of benzene rings is 1. The number of Topliss-reactive ketones (excluding diaryl/α,β-unsaturated/α-hetero) is 1. The summed E-state index contributed by atoms with van der Waals surface area (Å²) in [4.78, 5) is 18.8. The SMILES string of the molecule is CN1CC(=Cc2ccc(C(F)(F)F)cc2)C(=O)C(c2ccncc2)C1. The molecule has 3 rings (SSSR count). The maximum absolute atomic E-state index is 12.8. The van der Waals surface area contributed by atoms with E-state index in [0.717, 1.165) is 17.7 Å². The molecule has 1 saturated heterocycles. The van der Waals surface area contributed by atoms with Crippen molar-refractivity contribution in [2.24, 2.45) is 0 Å². The van der Waals surface area contributed by atoms with E-state index in [1.54, 1.807) is 18.5 Å². The van der Waals surface area contributed by atoms with Crippen molar-refractivity contribution < 1.29 is 18.0 Å². The minimum Gasteiger partial charge on any atom is -0.301 e. The first-order valence-corrected chi connectivity index (χ1v) is 7.85. The van der Waals surface area contributed by atoms with Crippen LogP contribution in [0.4, 0.5) is 13.2 Å². The standard InChI is InChI=1S/C19H17F3N2O/c1-24-11-15(10-13-2-4-16(5-3-13)19(20,21)22)18(25)17(12-24)14-6-8-23-9-7-14/h2-10,17H,11-12H2,1H3. The molecule has 0 aliphatic carbocycles. The molecule has 1 fully saturated rings. The molecule has 1 aliphatic rings. The number of rotatable bonds is 2. The van der Waals surface area contributed by atoms with Crippen LogP contribution in [0.3, 0.4) is 0 Å². The topological polar surface area (TPSA) is 33.2 Å². The quantitative estimate of drug-likeness (QED) is 0.776. The van der Waals surface area contributed by atoms with E-state index in [1.165, 1.54) is 12.1 Å². The summed E-state index contributed by atoms with van der Waals surface area (Å²) in [7, 11) is 1.92. The van der Waals surface area contributed by atoms with Gasteiger partial charge in [0.15, 0.2) is 5.78 Å². The second-order valence-corrected chi connectivity index (χ2v) is 6.18. The number of hydrogen-bond donors (Lipinski definition) is 0. The Morgan fingerprint density at radius 2 is 1.76 bits per heavy atom. The van der Waals surface area contributed by atoms with Gasteiger partial charge in [0.25, 0.3) is 0 Å². The highest BCUT2D eigenvalue weighted by Gasteiger charge is 2.31. The van der Waals surface area contributed by atoms with Gasteiger partial charge in [-0.15, -0.1) is 0 Å². The molecule has 0 saturated carbocycles. The first kappa shape index (κ1) is 17.4. The van der Waals surface area contributed by atoms with Crippen molar-refractivity contribution in [2.75, 3.05) is 20.1 Å². The second kappa shape index (κ2) is 6.80. The summed E-state index contributed by atoms with van der Waals surface area (Å²) in [6.45, 7) is 1.08. The summed E-state index contributed by atoms with van der Waals surface area (Å²) in [5, 5.41) is 0. The molecule has 130 valence electrons. The minimum absolute atomic E-state index is 0.00389. The molecule has 0 N–H and O–H groups in total. The number of aromatic nitrogens is 1. The van der Waals surface area contributed by atoms with Crippen molar-refractivity contribution in [2.45, 2.75) is 12.1 Å². The fourth-order valence-corrected chi connectivity index (χ4v) is 2.99. The van der Waals surface area contributed by atoms with E-state index < -0.39 is 11.7 Å². The molecule has 25 heavy (non-hydrogen) atoms. The van der Waals surface area contributed by atoms with Gasteiger partial charge in [-0.25, -0.2) is 0 Å². The molecule has 0 amide bonds. The van der Waals surface area contributed by atoms with E-state index in [2.05, 4.69) is 4.98 Å². The highest BCUT2D eigenvalue weighted by Crippen LogP contribution is 2.30. The molecule has 0 spiro atoms. The van der Waals surface area contributed by atoms with Gasteiger partial charge in [0.2, 0.25) is 0 Å². The van der Waals surface area contributed by atoms with E-state index in [4.69, 9.17) is 0 Å². The zero-order valence-electron chi connectivity index (χ0n) is 13.6. The van der Waals surface area contributed by atoms with Gasteiger partial charge in [-0.2, -0.15) is 13.2 Å². The van der Waals surface area contributed by atoms with Crippen LogP contribution in [0.25, 0.3) is 6.08 Å². The number of carbonyl (C=O) groups excluding carboxylic acids is 1. The molecule has 1 unspecified atom stereocenters. The Kier molecular flexibility index (Phi) is 4.72. The number of ketones is 1. The third-order valence-electron chi connectivity index (χ3n) is 4.25. The number of likely N-dealkylation sites (N-methyl/N-ethyl adjacent to an activating group) is 1. The Morgan fingerprint density at radius 1 is 1.12 bits per heavy atom. The van der Waals surface area contributed by atoms with E-state index in [-0.39, 0.29) is 11.7 Å². The maximum atomic E-state index is 12.8. The number of alkyl halides is 3. The molecule has 2 aromatic rings. The lowest BCUT2D eigenvalue weighted by atomic mass is 9.86. The highest BCUT2D eigenvalue weighted by atomic mass is 19.4. The zero-order valence-corrected chi connectivity index (χ0v) is 13.6. The Labute approximate surface area is 143 Å². The second-order valence-electron chi connectivity index (χ2n) is 6.18. The molecule has 1 aliphatic heterocycles. The first-order valence-electron chi connectivity index (χ1n) is 7.85. The van der Waals surface area contributed by atoms with Crippen molar-refractivity contribution in [3.05, 3.63) is 71.1 Å². The van der Waals surface area contributed by atoms with Gasteiger partial charge < -0.3 is 4.90 Å². The summed E-state index contributed by atoms with van der Waals surface area (Å²) in [5.74, 6) is -0.286. The first-order chi connectivity index (χ1) is 11.8. The summed E-state index contributed by atoms with van der Waals surface area (Å²) < 4.78 is 37.9. The van der Waals surface area contributed by atoms with E-state index in [0.29, 0.717) is 24.2 Å². The van der Waals surface area contributed by atoms with E-state index in [9.17, 15) is 18.0 Å². The van der Waals surface area contributed by atoms with Crippen molar-refractivity contribution in [3.63, 3.8) is 0 Å². The maximum Gasteiger partial charge on any atom is 0.416 e. The summed E-state index contributed by atoms with van der Waals surface area (Å²) in [6.07, 6.45) is 0.609. The van der Waals surface area contributed by atoms with Gasteiger partial charge in [-0.05, 0) is 48.5 Å². The normalized spacial score (nSPS) is 20.9. The monoisotopic (exact) mass is 346 g/mol. The number of piperidine rings is 1. The van der Waals surface area contributed by atoms with Gasteiger partial charge in [-0.1, -0.05) is 12.1 Å². The fraction of sp³-hybridized carbons (Fsp3) is 0.263. The number of carbonyl (C=O) groups is 1. The molecule has 1 atom stereocenters. The number of hydrogen-bond acceptors (Lipinski definition) is 3. The lowest BCUT2D eigenvalue weighted by Crippen LogP contribution is -2.38. The van der Waals surface area contributed by atoms with Crippen LogP contribution in [0, 0.1) is 0 Å². The summed E-state index contributed by atoms with van der Waals surface area (Å²) in [6, 6.07) is 8.47. The van der Waals surface area contributed by atoms with Crippen LogP contribution in [-0.2, 0) is 11.0 Å². The van der Waals surface area contributed by atoms with Crippen LogP contribution in [0.1, 0.15) is 22.6 Å². The summed E-state index contributed by atoms with van der Waals surface area (Å²) >= 11 is 0. The van der Waals surface area contributed by atoms with Crippen molar-refractivity contribution in [3.8, 4) is 0 Å². The predicted octanol–water partition coefficient (Wildman–Crippen LogP) is 3.78. The molecule has 3 nitrogen and oxygen atoms in total. The van der Waals surface area contributed by atoms with Gasteiger partial charge in [-0.3, -0.25) is 9.78 Å². The molecule has 0 radical (unpaired) electrons. The minimum atomic E-state index is -4.36. The van der Waals surface area contributed by atoms with E-state index in [1.807, 2.05) is 24.1 Å². The third-order valence-corrected chi connectivity index (χ3v) is 4.25. The molecular weight excluding hydrogens is 329 g/mol. The van der Waals surface area contributed by atoms with Gasteiger partial charge in [0.05, 0.1) is 11.5 Å². The lowest BCUT2D eigenvalue weighted by molar-refractivity contribution is -0.137. The van der Waals surface area contributed by atoms with Crippen molar-refractivity contribution in [1.29, 1.82) is 0 Å². The Hall–Kier alpha value is -2.47. The number of pyridine rings is 1. The van der Waals surface area contributed by atoms with Gasteiger partial charge >= 0.3 is 6.18 Å². The fourth-order valence-electron chi connectivity index (χ4n) is 2.99. The van der Waals surface area contributed by atoms with Crippen LogP contribution in [0.2, 0.25) is 0 Å². The molecule has 1 aromatic carbocycles. The van der Waals surface area contributed by atoms with Crippen LogP contribution in [0.15, 0.2) is 54.4 Å². The molecular formula is C19H17F3N2O. The van der Waals surface area contributed by atoms with Crippen LogP contribution in [-0.4, -0.2) is 35.8 Å². The molecule has 2 heterocycles. The van der Waals surface area contributed by atoms with E-state index >= 15 is 0 Å². The number of likely N-dealkylation sites (tertiary alicyclic amines) is 1. The number of nitrogens with zero attached hydrogens (tertiary/aromatic N) is 2. The average Bonchev–Trinajstić information content (AvgIpc) is 2.58. The number of halogens is 3. The highest BCUT2D eigenvalue weighted by molar-refractivity contribution is 6.05. The molecule has 0 bridgehead atoms. The van der Waals surface area contributed by atoms with Crippen LogP contribution in [0.5, 0.6) is 0 Å². The van der Waals surface area contributed by atoms with Crippen LogP contribution >= 0.6 is 0 Å². The van der Waals surface area contributed by atoms with Crippen LogP contribution < -0.4 is 0 Å². The largest absolute Gasteiger partial charge is 0.416 e. The molecule has 1 aromatic heterocycles. The Bertz CT molecular complexity index is 783. The van der Waals surface area contributed by atoms with Crippen molar-refractivity contribution >= 4 is 11.9 Å². The van der Waals surface area contributed by atoms with Gasteiger partial charge in [0, 0.05) is 31.1 Å². The zero-order chi connectivity index (χ0) is 18.0. The smallest absolute Gasteiger partial charge is 0.301 e. The third kappa shape index (κ3) is 3.96. The Balaban J connectivity index is 1.88. The molecule has 6 heteroatoms. The van der Waals surface area contributed by atoms with Gasteiger partial charge in [0.1, 0.15) is 0 Å². The van der Waals surface area contributed by atoms with Crippen molar-refractivity contribution in [1.82, 2.24) is 9.88 Å². The average molecular weight is 346 g/mol. The lowest BCUT2D eigenvalue weighted by Gasteiger charge is -2.30. The predicted molar refractivity (Wildman–Crippen MR) is 88.9 cm³/mol. The Morgan fingerprint density at radius 3 is 2.36 bits per heavy atom.